The monoisotopic (exact) mass is 268 g/mol. The fraction of sp³-hybridized carbons (Fsp3) is 0.333. The second kappa shape index (κ2) is 6.69. The summed E-state index contributed by atoms with van der Waals surface area (Å²) in [7, 11) is 0. The molecule has 4 N–H and O–H groups in total. The summed E-state index contributed by atoms with van der Waals surface area (Å²) in [6.45, 7) is 4.07. The highest BCUT2D eigenvalue weighted by molar-refractivity contribution is 5.64. The van der Waals surface area contributed by atoms with Crippen molar-refractivity contribution < 1.29 is 0 Å². The Bertz CT molecular complexity index is 473. The van der Waals surface area contributed by atoms with Crippen LogP contribution in [0.15, 0.2) is 48.5 Å². The molecular weight excluding hydrogens is 244 g/mol. The van der Waals surface area contributed by atoms with Gasteiger partial charge in [-0.25, -0.2) is 0 Å². The summed E-state index contributed by atoms with van der Waals surface area (Å²) in [6, 6.07) is 17.7. The van der Waals surface area contributed by atoms with Crippen molar-refractivity contribution in [2.75, 3.05) is 0 Å². The minimum absolute atomic E-state index is 0.207. The van der Waals surface area contributed by atoms with E-state index in [-0.39, 0.29) is 12.1 Å². The minimum Gasteiger partial charge on any atom is -0.328 e. The van der Waals surface area contributed by atoms with Gasteiger partial charge in [-0.3, -0.25) is 0 Å². The molecule has 2 rings (SSSR count). The van der Waals surface area contributed by atoms with Gasteiger partial charge in [0.25, 0.3) is 0 Å². The molecule has 2 aromatic rings. The van der Waals surface area contributed by atoms with Crippen LogP contribution in [0.4, 0.5) is 0 Å². The highest BCUT2D eigenvalue weighted by Crippen LogP contribution is 2.21. The topological polar surface area (TPSA) is 52.0 Å². The predicted molar refractivity (Wildman–Crippen MR) is 86.6 cm³/mol. The third-order valence-electron chi connectivity index (χ3n) is 3.36. The van der Waals surface area contributed by atoms with E-state index in [1.54, 1.807) is 0 Å². The molecule has 2 atom stereocenters. The van der Waals surface area contributed by atoms with Crippen molar-refractivity contribution in [3.8, 4) is 11.1 Å². The molecule has 0 aliphatic heterocycles. The zero-order chi connectivity index (χ0) is 14.5. The zero-order valence-corrected chi connectivity index (χ0v) is 12.3. The highest BCUT2D eigenvalue weighted by Gasteiger charge is 2.02. The van der Waals surface area contributed by atoms with E-state index >= 15 is 0 Å². The van der Waals surface area contributed by atoms with Crippen LogP contribution in [0.1, 0.15) is 25.0 Å². The van der Waals surface area contributed by atoms with E-state index in [2.05, 4.69) is 48.5 Å². The van der Waals surface area contributed by atoms with E-state index in [0.717, 1.165) is 12.8 Å². The average Bonchev–Trinajstić information content (AvgIpc) is 2.39. The summed E-state index contributed by atoms with van der Waals surface area (Å²) in [6.07, 6.45) is 1.85. The zero-order valence-electron chi connectivity index (χ0n) is 12.3. The lowest BCUT2D eigenvalue weighted by Gasteiger charge is -2.08. The molecule has 0 fully saturated rings. The number of nitrogens with two attached hydrogens (primary N) is 2. The predicted octanol–water partition coefficient (Wildman–Crippen LogP) is 3.13. The van der Waals surface area contributed by atoms with Gasteiger partial charge in [0.1, 0.15) is 0 Å². The van der Waals surface area contributed by atoms with Gasteiger partial charge in [0.2, 0.25) is 0 Å². The molecule has 106 valence electrons. The van der Waals surface area contributed by atoms with Gasteiger partial charge in [0, 0.05) is 12.1 Å². The molecule has 0 saturated carbocycles. The lowest BCUT2D eigenvalue weighted by atomic mass is 9.99. The summed E-state index contributed by atoms with van der Waals surface area (Å²) in [4.78, 5) is 0. The van der Waals surface area contributed by atoms with Crippen LogP contribution in [-0.2, 0) is 12.8 Å². The van der Waals surface area contributed by atoms with Gasteiger partial charge in [-0.15, -0.1) is 0 Å². The van der Waals surface area contributed by atoms with E-state index < -0.39 is 0 Å². The van der Waals surface area contributed by atoms with Crippen LogP contribution in [0.5, 0.6) is 0 Å². The van der Waals surface area contributed by atoms with Gasteiger partial charge in [-0.2, -0.15) is 0 Å². The smallest absolute Gasteiger partial charge is 0.00509 e. The first kappa shape index (κ1) is 14.8. The van der Waals surface area contributed by atoms with Crippen molar-refractivity contribution in [1.29, 1.82) is 0 Å². The lowest BCUT2D eigenvalue weighted by Crippen LogP contribution is -2.17. The Morgan fingerprint density at radius 2 is 0.950 bits per heavy atom. The van der Waals surface area contributed by atoms with Crippen molar-refractivity contribution in [2.24, 2.45) is 11.5 Å². The van der Waals surface area contributed by atoms with Crippen LogP contribution in [0.25, 0.3) is 11.1 Å². The van der Waals surface area contributed by atoms with Crippen molar-refractivity contribution >= 4 is 0 Å². The van der Waals surface area contributed by atoms with E-state index in [4.69, 9.17) is 11.5 Å². The number of rotatable bonds is 5. The van der Waals surface area contributed by atoms with Crippen LogP contribution in [0.3, 0.4) is 0 Å². The minimum atomic E-state index is 0.207. The van der Waals surface area contributed by atoms with Crippen LogP contribution in [0, 0.1) is 0 Å². The molecule has 0 bridgehead atoms. The van der Waals surface area contributed by atoms with Crippen LogP contribution < -0.4 is 11.5 Å². The van der Waals surface area contributed by atoms with Crippen LogP contribution >= 0.6 is 0 Å². The van der Waals surface area contributed by atoms with Crippen molar-refractivity contribution in [3.63, 3.8) is 0 Å². The molecule has 1 unspecified atom stereocenters. The maximum Gasteiger partial charge on any atom is 0.00509 e. The molecule has 2 nitrogen and oxygen atoms in total. The van der Waals surface area contributed by atoms with E-state index in [1.807, 2.05) is 13.8 Å². The molecule has 2 heteroatoms. The van der Waals surface area contributed by atoms with Gasteiger partial charge in [-0.05, 0) is 48.9 Å². The fourth-order valence-electron chi connectivity index (χ4n) is 2.41. The van der Waals surface area contributed by atoms with Crippen LogP contribution in [0.2, 0.25) is 0 Å². The second-order valence-corrected chi connectivity index (χ2v) is 5.76. The first-order valence-corrected chi connectivity index (χ1v) is 7.24. The Kier molecular flexibility index (Phi) is 4.94. The highest BCUT2D eigenvalue weighted by atomic mass is 14.6. The van der Waals surface area contributed by atoms with Crippen molar-refractivity contribution in [2.45, 2.75) is 38.8 Å². The summed E-state index contributed by atoms with van der Waals surface area (Å²) in [5, 5.41) is 0. The first-order chi connectivity index (χ1) is 9.54. The summed E-state index contributed by atoms with van der Waals surface area (Å²) < 4.78 is 0. The quantitative estimate of drug-likeness (QED) is 0.875. The van der Waals surface area contributed by atoms with E-state index in [9.17, 15) is 0 Å². The molecule has 0 saturated heterocycles. The van der Waals surface area contributed by atoms with E-state index in [0.29, 0.717) is 0 Å². The number of benzene rings is 2. The molecule has 0 heterocycles. The molecule has 0 spiro atoms. The standard InChI is InChI=1S/C18H24N2/c1-13(19)11-15-3-7-17(8-4-15)18-9-5-16(6-10-18)12-14(2)20/h3-10,13-14H,11-12,19-20H2,1-2H3/t13-,14?/m0/s1. The van der Waals surface area contributed by atoms with Gasteiger partial charge in [0.15, 0.2) is 0 Å². The lowest BCUT2D eigenvalue weighted by molar-refractivity contribution is 0.738. The molecule has 0 amide bonds. The molecule has 0 radical (unpaired) electrons. The van der Waals surface area contributed by atoms with E-state index in [1.165, 1.54) is 22.3 Å². The Morgan fingerprint density at radius 3 is 1.20 bits per heavy atom. The van der Waals surface area contributed by atoms with Crippen LogP contribution in [-0.4, -0.2) is 12.1 Å². The van der Waals surface area contributed by atoms with Gasteiger partial charge in [-0.1, -0.05) is 48.5 Å². The van der Waals surface area contributed by atoms with Crippen molar-refractivity contribution in [1.82, 2.24) is 0 Å². The third kappa shape index (κ3) is 4.19. The van der Waals surface area contributed by atoms with Crippen molar-refractivity contribution in [3.05, 3.63) is 59.7 Å². The summed E-state index contributed by atoms with van der Waals surface area (Å²) >= 11 is 0. The normalized spacial score (nSPS) is 14.0. The Morgan fingerprint density at radius 1 is 0.650 bits per heavy atom. The fourth-order valence-corrected chi connectivity index (χ4v) is 2.41. The maximum absolute atomic E-state index is 5.82. The Hall–Kier alpha value is -1.64. The first-order valence-electron chi connectivity index (χ1n) is 7.24. The molecule has 0 aliphatic carbocycles. The Balaban J connectivity index is 2.11. The molecule has 2 aromatic carbocycles. The summed E-state index contributed by atoms with van der Waals surface area (Å²) in [5.41, 5.74) is 16.7. The average molecular weight is 268 g/mol. The Labute approximate surface area is 121 Å². The maximum atomic E-state index is 5.82. The van der Waals surface area contributed by atoms with Gasteiger partial charge >= 0.3 is 0 Å². The SMILES string of the molecule is CC(N)Cc1ccc(-c2ccc(C[C@H](C)N)cc2)cc1. The largest absolute Gasteiger partial charge is 0.328 e. The molecule has 20 heavy (non-hydrogen) atoms. The van der Waals surface area contributed by atoms with Gasteiger partial charge < -0.3 is 11.5 Å². The second-order valence-electron chi connectivity index (χ2n) is 5.76. The van der Waals surface area contributed by atoms with Gasteiger partial charge in [0.05, 0.1) is 0 Å². The molecule has 0 aliphatic rings. The number of hydrogen-bond acceptors (Lipinski definition) is 2. The molecular formula is C18H24N2. The molecule has 0 aromatic heterocycles. The number of hydrogen-bond donors (Lipinski definition) is 2. The third-order valence-corrected chi connectivity index (χ3v) is 3.36. The summed E-state index contributed by atoms with van der Waals surface area (Å²) in [5.74, 6) is 0.